The minimum Gasteiger partial charge on any atom is -0.457 e. The van der Waals surface area contributed by atoms with Crippen molar-refractivity contribution in [3.05, 3.63) is 59.7 Å². The number of rotatable bonds is 2. The number of carbonyl (C=O) groups is 2. The largest absolute Gasteiger partial charge is 0.457 e. The van der Waals surface area contributed by atoms with Gasteiger partial charge in [-0.1, -0.05) is 12.1 Å². The van der Waals surface area contributed by atoms with Gasteiger partial charge in [-0.15, -0.1) is 0 Å². The average molecular weight is 256 g/mol. The first-order valence-electron chi connectivity index (χ1n) is 5.54. The van der Waals surface area contributed by atoms with E-state index in [2.05, 4.69) is 0 Å². The van der Waals surface area contributed by atoms with Crippen LogP contribution in [-0.2, 0) is 0 Å². The van der Waals surface area contributed by atoms with Gasteiger partial charge in [0.2, 0.25) is 11.8 Å². The van der Waals surface area contributed by atoms with Gasteiger partial charge in [-0.25, -0.2) is 0 Å². The summed E-state index contributed by atoms with van der Waals surface area (Å²) >= 11 is 0. The molecule has 5 heteroatoms. The van der Waals surface area contributed by atoms with Crippen molar-refractivity contribution < 1.29 is 14.0 Å². The number of hydrogen-bond donors (Lipinski definition) is 2. The lowest BCUT2D eigenvalue weighted by Gasteiger charge is -2.00. The zero-order valence-corrected chi connectivity index (χ0v) is 10.00. The number of hydrogen-bond acceptors (Lipinski definition) is 3. The molecule has 2 amide bonds. The van der Waals surface area contributed by atoms with Crippen molar-refractivity contribution in [2.75, 3.05) is 0 Å². The van der Waals surface area contributed by atoms with Crippen molar-refractivity contribution in [2.24, 2.45) is 11.5 Å². The number of amides is 2. The molecule has 0 aliphatic rings. The van der Waals surface area contributed by atoms with Crippen LogP contribution in [0.5, 0.6) is 0 Å². The third kappa shape index (κ3) is 2.90. The molecule has 3 aromatic rings. The number of primary amides is 2. The van der Waals surface area contributed by atoms with Crippen LogP contribution in [0.3, 0.4) is 0 Å². The third-order valence-electron chi connectivity index (χ3n) is 2.52. The lowest BCUT2D eigenvalue weighted by Crippen LogP contribution is -2.20. The lowest BCUT2D eigenvalue weighted by atomic mass is 10.1. The smallest absolute Gasteiger partial charge is 0.249 e. The van der Waals surface area contributed by atoms with Crippen LogP contribution in [0.2, 0.25) is 0 Å². The van der Waals surface area contributed by atoms with Crippen molar-refractivity contribution in [2.45, 2.75) is 0 Å². The maximum Gasteiger partial charge on any atom is 0.249 e. The lowest BCUT2D eigenvalue weighted by molar-refractivity contribution is 0.0967. The fraction of sp³-hybridized carbons (Fsp3) is 0. The summed E-state index contributed by atoms with van der Waals surface area (Å²) in [5.74, 6) is -1.30. The van der Waals surface area contributed by atoms with Crippen LogP contribution >= 0.6 is 0 Å². The highest BCUT2D eigenvalue weighted by Crippen LogP contribution is 2.13. The monoisotopic (exact) mass is 256 g/mol. The second-order valence-corrected chi connectivity index (χ2v) is 3.85. The van der Waals surface area contributed by atoms with Gasteiger partial charge in [0.15, 0.2) is 0 Å². The first-order valence-corrected chi connectivity index (χ1v) is 5.54. The quantitative estimate of drug-likeness (QED) is 0.730. The molecule has 0 saturated carbocycles. The van der Waals surface area contributed by atoms with Gasteiger partial charge >= 0.3 is 0 Å². The van der Waals surface area contributed by atoms with Gasteiger partial charge < -0.3 is 15.9 Å². The molecule has 0 unspecified atom stereocenters. The first-order chi connectivity index (χ1) is 9.08. The van der Waals surface area contributed by atoms with Crippen molar-refractivity contribution in [3.8, 4) is 0 Å². The molecule has 0 aliphatic carbocycles. The highest BCUT2D eigenvalue weighted by molar-refractivity contribution is 6.06. The summed E-state index contributed by atoms with van der Waals surface area (Å²) in [6.45, 7) is 0. The Morgan fingerprint density at radius 1 is 0.737 bits per heavy atom. The second-order valence-electron chi connectivity index (χ2n) is 3.85. The van der Waals surface area contributed by atoms with Crippen molar-refractivity contribution in [3.63, 3.8) is 0 Å². The van der Waals surface area contributed by atoms with E-state index in [0.29, 0.717) is 0 Å². The summed E-state index contributed by atoms with van der Waals surface area (Å²) in [6.07, 6.45) is 0. The molecule has 0 fully saturated rings. The van der Waals surface area contributed by atoms with Gasteiger partial charge in [-0.2, -0.15) is 0 Å². The van der Waals surface area contributed by atoms with E-state index < -0.39 is 11.8 Å². The van der Waals surface area contributed by atoms with E-state index in [9.17, 15) is 9.59 Å². The fourth-order valence-corrected chi connectivity index (χ4v) is 1.62. The molecule has 0 radical (unpaired) electrons. The van der Waals surface area contributed by atoms with Crippen LogP contribution in [0.4, 0.5) is 0 Å². The normalized spacial score (nSPS) is 9.89. The van der Waals surface area contributed by atoms with Gasteiger partial charge in [-0.3, -0.25) is 9.59 Å². The molecule has 0 spiro atoms. The predicted molar refractivity (Wildman–Crippen MR) is 70.9 cm³/mol. The summed E-state index contributed by atoms with van der Waals surface area (Å²) in [7, 11) is 0. The fourth-order valence-electron chi connectivity index (χ4n) is 1.62. The molecule has 5 nitrogen and oxygen atoms in total. The zero-order chi connectivity index (χ0) is 13.8. The summed E-state index contributed by atoms with van der Waals surface area (Å²) in [6, 6.07) is 14.0. The van der Waals surface area contributed by atoms with Crippen LogP contribution in [0.15, 0.2) is 52.9 Å². The summed E-state index contributed by atoms with van der Waals surface area (Å²) in [4.78, 5) is 21.5. The Balaban J connectivity index is 0.000000159. The molecule has 1 aromatic carbocycles. The van der Waals surface area contributed by atoms with Crippen LogP contribution in [0.25, 0.3) is 11.2 Å². The Morgan fingerprint density at radius 2 is 1.11 bits per heavy atom. The summed E-state index contributed by atoms with van der Waals surface area (Å²) in [5.41, 5.74) is 12.3. The van der Waals surface area contributed by atoms with Gasteiger partial charge in [0.05, 0.1) is 11.1 Å². The van der Waals surface area contributed by atoms with E-state index in [0.717, 1.165) is 11.2 Å². The van der Waals surface area contributed by atoms with Crippen molar-refractivity contribution in [1.82, 2.24) is 0 Å². The van der Waals surface area contributed by atoms with Crippen LogP contribution < -0.4 is 11.5 Å². The van der Waals surface area contributed by atoms with E-state index in [4.69, 9.17) is 15.9 Å². The highest BCUT2D eigenvalue weighted by Gasteiger charge is 2.10. The molecule has 2 aromatic heterocycles. The average Bonchev–Trinajstić information content (AvgIpc) is 3.04. The molecule has 0 saturated heterocycles. The molecule has 2 bridgehead atoms. The van der Waals surface area contributed by atoms with Gasteiger partial charge in [0.1, 0.15) is 11.2 Å². The van der Waals surface area contributed by atoms with Crippen molar-refractivity contribution in [1.29, 1.82) is 0 Å². The SMILES string of the molecule is NC(=O)c1ccccc1C(N)=O.c1cc2ccc1o2. The molecular weight excluding hydrogens is 244 g/mol. The number of fused-ring (bicyclic) bond motifs is 2. The number of carbonyl (C=O) groups excluding carboxylic acids is 2. The van der Waals surface area contributed by atoms with Crippen LogP contribution in [0.1, 0.15) is 20.7 Å². The molecule has 96 valence electrons. The Labute approximate surface area is 109 Å². The van der Waals surface area contributed by atoms with Gasteiger partial charge in [0.25, 0.3) is 0 Å². The van der Waals surface area contributed by atoms with E-state index in [-0.39, 0.29) is 11.1 Å². The number of furan rings is 2. The van der Waals surface area contributed by atoms with E-state index in [1.165, 1.54) is 12.1 Å². The zero-order valence-electron chi connectivity index (χ0n) is 10.00. The molecule has 4 N–H and O–H groups in total. The molecular formula is C14H12N2O3. The minimum absolute atomic E-state index is 0.157. The number of nitrogens with two attached hydrogens (primary N) is 2. The van der Waals surface area contributed by atoms with E-state index >= 15 is 0 Å². The summed E-state index contributed by atoms with van der Waals surface area (Å²) < 4.78 is 5.08. The van der Waals surface area contributed by atoms with E-state index in [1.807, 2.05) is 24.3 Å². The molecule has 0 aliphatic heterocycles. The topological polar surface area (TPSA) is 99.3 Å². The van der Waals surface area contributed by atoms with Crippen molar-refractivity contribution >= 4 is 23.0 Å². The standard InChI is InChI=1S/C8H8N2O2.C6H4O/c9-7(11)5-3-1-2-4-6(5)8(10)12;1-2-6-4-3-5(1)7-6/h1-4H,(H2,9,11)(H2,10,12);1-4H. The third-order valence-corrected chi connectivity index (χ3v) is 2.52. The van der Waals surface area contributed by atoms with Crippen LogP contribution in [0, 0.1) is 0 Å². The Morgan fingerprint density at radius 3 is 1.32 bits per heavy atom. The maximum atomic E-state index is 10.7. The van der Waals surface area contributed by atoms with Gasteiger partial charge in [-0.05, 0) is 36.4 Å². The molecule has 0 atom stereocenters. The van der Waals surface area contributed by atoms with E-state index in [1.54, 1.807) is 12.1 Å². The first kappa shape index (κ1) is 12.6. The Kier molecular flexibility index (Phi) is 3.47. The van der Waals surface area contributed by atoms with Gasteiger partial charge in [0, 0.05) is 0 Å². The summed E-state index contributed by atoms with van der Waals surface area (Å²) in [5, 5.41) is 0. The Hall–Kier alpha value is -2.82. The predicted octanol–water partition coefficient (Wildman–Crippen LogP) is 1.76. The molecule has 19 heavy (non-hydrogen) atoms. The molecule has 2 heterocycles. The Bertz CT molecular complexity index is 625. The van der Waals surface area contributed by atoms with Crippen LogP contribution in [-0.4, -0.2) is 11.8 Å². The minimum atomic E-state index is -0.649. The number of benzene rings is 2. The second kappa shape index (κ2) is 5.22. The molecule has 3 rings (SSSR count). The maximum absolute atomic E-state index is 10.7. The highest BCUT2D eigenvalue weighted by atomic mass is 16.3.